The Labute approximate surface area is 375 Å². The van der Waals surface area contributed by atoms with Gasteiger partial charge >= 0.3 is 0 Å². The van der Waals surface area contributed by atoms with Crippen molar-refractivity contribution in [3.05, 3.63) is 40.5 Å². The van der Waals surface area contributed by atoms with Crippen LogP contribution in [0.3, 0.4) is 0 Å². The monoisotopic (exact) mass is 916 g/mol. The highest BCUT2D eigenvalue weighted by atomic mass is 17.0. The zero-order valence-electron chi connectivity index (χ0n) is 42.1. The first-order chi connectivity index (χ1) is 28.3. The van der Waals surface area contributed by atoms with Gasteiger partial charge in [0.25, 0.3) is 20.3 Å². The van der Waals surface area contributed by atoms with Crippen molar-refractivity contribution in [2.24, 2.45) is 47.2 Å². The summed E-state index contributed by atoms with van der Waals surface area (Å²) in [5, 5.41) is 67.8. The average molecular weight is 916 g/mol. The van der Waals surface area contributed by atoms with E-state index in [0.29, 0.717) is 49.4 Å². The molecule has 0 unspecified atom stereocenters. The van der Waals surface area contributed by atoms with E-state index in [1.165, 1.54) is 12.8 Å². The van der Waals surface area contributed by atoms with Crippen molar-refractivity contribution >= 4 is 0 Å². The summed E-state index contributed by atoms with van der Waals surface area (Å²) in [7, 11) is 0. The van der Waals surface area contributed by atoms with Gasteiger partial charge in [-0.25, -0.2) is 0 Å². The normalized spacial score (nSPS) is 9.68. The summed E-state index contributed by atoms with van der Waals surface area (Å²) in [6.07, 6.45) is 6.32. The number of aliphatic hydroxyl groups excluding tert-OH is 4. The fraction of sp³-hybridized carbons (Fsp3) is 1.00. The van der Waals surface area contributed by atoms with E-state index in [0.717, 1.165) is 44.6 Å². The third-order valence-corrected chi connectivity index (χ3v) is 5.56. The van der Waals surface area contributed by atoms with Crippen molar-refractivity contribution in [2.75, 3.05) is 46.2 Å². The van der Waals surface area contributed by atoms with E-state index in [1.54, 1.807) is 27.7 Å². The zero-order chi connectivity index (χ0) is 51.2. The lowest BCUT2D eigenvalue weighted by Gasteiger charge is -2.01. The van der Waals surface area contributed by atoms with Crippen LogP contribution in [-0.2, 0) is 19.4 Å². The topological polar surface area (TPSA) is 316 Å². The first-order valence-electron chi connectivity index (χ1n) is 21.7. The van der Waals surface area contributed by atoms with Gasteiger partial charge in [0.1, 0.15) is 6.10 Å². The van der Waals surface area contributed by atoms with Crippen molar-refractivity contribution < 1.29 is 60.1 Å². The Morgan fingerprint density at radius 2 is 0.790 bits per heavy atom. The van der Waals surface area contributed by atoms with Crippen LogP contribution in [-0.4, -0.2) is 99.2 Å². The molecule has 0 aromatic heterocycles. The molecule has 21 heteroatoms. The molecular formula is C41H97N5O16. The first kappa shape index (κ1) is 79.0. The van der Waals surface area contributed by atoms with E-state index < -0.39 is 20.3 Å². The van der Waals surface area contributed by atoms with Gasteiger partial charge < -0.3 is 45.5 Å². The molecule has 0 amide bonds. The largest absolute Gasteiger partial charge is 0.396 e. The third-order valence-electron chi connectivity index (χ3n) is 5.56. The Bertz CT molecular complexity index is 872. The summed E-state index contributed by atoms with van der Waals surface area (Å²) in [6, 6.07) is 0. The molecular weight excluding hydrogens is 818 g/mol. The molecule has 0 atom stereocenters. The summed E-state index contributed by atoms with van der Waals surface area (Å²) in [5.74, 6) is 3.82. The molecule has 62 heavy (non-hydrogen) atoms. The molecule has 0 aromatic rings. The van der Waals surface area contributed by atoms with E-state index in [-0.39, 0.29) is 37.9 Å². The molecule has 0 saturated carbocycles. The summed E-state index contributed by atoms with van der Waals surface area (Å²) in [5.41, 5.74) is 5.17. The summed E-state index contributed by atoms with van der Waals surface area (Å²) < 4.78 is 0. The molecule has 382 valence electrons. The quantitative estimate of drug-likeness (QED) is 0.0385. The van der Waals surface area contributed by atoms with Crippen molar-refractivity contribution in [1.29, 1.82) is 0 Å². The van der Waals surface area contributed by atoms with Crippen LogP contribution in [0.1, 0.15) is 170 Å². The minimum atomic E-state index is -0.801. The Morgan fingerprint density at radius 3 is 0.968 bits per heavy atom. The van der Waals surface area contributed by atoms with Gasteiger partial charge in [-0.1, -0.05) is 110 Å². The fourth-order valence-corrected chi connectivity index (χ4v) is 2.30. The highest BCUT2D eigenvalue weighted by Crippen LogP contribution is 2.05. The molecule has 0 aromatic carbocycles. The lowest BCUT2D eigenvalue weighted by Crippen LogP contribution is -2.07. The SMILES string of the molecule is CC(C)CCCCO.CC(C)CCCO[N+](=O)[O-].CC(C)CCO.CC(C)CCO[N+](=O)[O-].CC(C)CN.CC(C)CO.CC(C)CO[N+](=O)[O-].CC(C)O.CC(C)O[N+](=O)[O-]. The Balaban J connectivity index is -0.0000000737. The molecule has 0 aliphatic heterocycles. The Morgan fingerprint density at radius 1 is 0.452 bits per heavy atom. The first-order valence-corrected chi connectivity index (χ1v) is 21.7. The van der Waals surface area contributed by atoms with Crippen LogP contribution in [0.2, 0.25) is 0 Å². The summed E-state index contributed by atoms with van der Waals surface area (Å²) >= 11 is 0. The van der Waals surface area contributed by atoms with Crippen molar-refractivity contribution in [2.45, 2.75) is 182 Å². The molecule has 0 saturated heterocycles. The number of rotatable bonds is 22. The molecule has 0 aliphatic carbocycles. The molecule has 0 spiro atoms. The minimum absolute atomic E-state index is 0.167. The molecule has 0 aliphatic rings. The van der Waals surface area contributed by atoms with Gasteiger partial charge in [-0.2, -0.15) is 0 Å². The number of hydrogen-bond donors (Lipinski definition) is 5. The van der Waals surface area contributed by atoms with Gasteiger partial charge in [0, 0.05) is 25.9 Å². The molecule has 0 rings (SSSR count). The predicted octanol–water partition coefficient (Wildman–Crippen LogP) is 8.78. The highest BCUT2D eigenvalue weighted by molar-refractivity contribution is 4.45. The molecule has 6 N–H and O–H groups in total. The maximum atomic E-state index is 9.63. The summed E-state index contributed by atoms with van der Waals surface area (Å²) in [4.78, 5) is 54.3. The van der Waals surface area contributed by atoms with Crippen molar-refractivity contribution in [1.82, 2.24) is 0 Å². The molecule has 0 bridgehead atoms. The highest BCUT2D eigenvalue weighted by Gasteiger charge is 1.99. The van der Waals surface area contributed by atoms with Gasteiger partial charge in [0.2, 0.25) is 0 Å². The van der Waals surface area contributed by atoms with Gasteiger partial charge in [-0.15, -0.1) is 40.5 Å². The van der Waals surface area contributed by atoms with Gasteiger partial charge in [-0.05, 0) is 108 Å². The van der Waals surface area contributed by atoms with Crippen LogP contribution in [0.5, 0.6) is 0 Å². The number of aliphatic hydroxyl groups is 4. The van der Waals surface area contributed by atoms with Crippen LogP contribution in [0.25, 0.3) is 0 Å². The molecule has 0 fully saturated rings. The van der Waals surface area contributed by atoms with Gasteiger partial charge in [0.15, 0.2) is 0 Å². The van der Waals surface area contributed by atoms with E-state index >= 15 is 0 Å². The summed E-state index contributed by atoms with van der Waals surface area (Å²) in [6.45, 7) is 37.6. The lowest BCUT2D eigenvalue weighted by molar-refractivity contribution is -0.766. The standard InChI is InChI=1S/C7H16O.C6H13NO3.C5H11NO3.C5H12O.C4H9NO3.C4H11N.C4H10O.C3H7NO3.C3H8O/c1-7(2)5-3-4-6-8;1-6(2)4-3-5-10-7(8)9;1-5(2)3-4-9-6(7)8;1-5(2)3-4-6;1-4(2)3-8-5(6)7;2*1-4(2)3-5;1-3(2)7-4(5)6;1-3(2)4/h7-8H,3-6H2,1-2H3;6H,3-5H2,1-2H3;5H,3-4H2,1-2H3;5-6H,3-4H2,1-2H3;4H,3H2,1-2H3;4H,3,5H2,1-2H3;4-5H,3H2,1-2H3;3H,1-2H3;3-4H,1-2H3. The lowest BCUT2D eigenvalue weighted by atomic mass is 10.1. The second-order valence-corrected chi connectivity index (χ2v) is 16.9. The Kier molecular flexibility index (Phi) is 81.9. The van der Waals surface area contributed by atoms with Gasteiger partial charge in [0.05, 0.1) is 19.8 Å². The molecule has 0 heterocycles. The maximum absolute atomic E-state index is 9.63. The number of hydrogen-bond acceptors (Lipinski definition) is 17. The zero-order valence-corrected chi connectivity index (χ0v) is 42.1. The third kappa shape index (κ3) is 187. The molecule has 21 nitrogen and oxygen atoms in total. The van der Waals surface area contributed by atoms with Crippen molar-refractivity contribution in [3.8, 4) is 0 Å². The Hall–Kier alpha value is -3.40. The second-order valence-electron chi connectivity index (χ2n) is 16.9. The predicted molar refractivity (Wildman–Crippen MR) is 246 cm³/mol. The second kappa shape index (κ2) is 64.2. The van der Waals surface area contributed by atoms with Crippen LogP contribution in [0.4, 0.5) is 0 Å². The maximum Gasteiger partial charge on any atom is 0.294 e. The van der Waals surface area contributed by atoms with Crippen LogP contribution >= 0.6 is 0 Å². The van der Waals surface area contributed by atoms with Crippen LogP contribution in [0.15, 0.2) is 0 Å². The smallest absolute Gasteiger partial charge is 0.294 e. The van der Waals surface area contributed by atoms with Crippen molar-refractivity contribution in [3.63, 3.8) is 0 Å². The average Bonchev–Trinajstić information content (AvgIpc) is 3.10. The van der Waals surface area contributed by atoms with Crippen LogP contribution < -0.4 is 5.73 Å². The fourth-order valence-electron chi connectivity index (χ4n) is 2.30. The number of nitrogens with zero attached hydrogens (tertiary/aromatic N) is 4. The number of nitrogens with two attached hydrogens (primary N) is 1. The van der Waals surface area contributed by atoms with Gasteiger partial charge in [-0.3, -0.25) is 0 Å². The minimum Gasteiger partial charge on any atom is -0.396 e. The van der Waals surface area contributed by atoms with E-state index in [9.17, 15) is 40.5 Å². The van der Waals surface area contributed by atoms with E-state index in [4.69, 9.17) is 26.2 Å². The molecule has 0 radical (unpaired) electrons. The van der Waals surface area contributed by atoms with E-state index in [2.05, 4.69) is 74.7 Å². The van der Waals surface area contributed by atoms with Crippen LogP contribution in [0, 0.1) is 81.9 Å². The van der Waals surface area contributed by atoms with E-state index in [1.807, 2.05) is 41.5 Å². The number of unbranched alkanes of at least 4 members (excludes halogenated alkanes) is 1.